The Labute approximate surface area is 76.8 Å². The summed E-state index contributed by atoms with van der Waals surface area (Å²) in [6.45, 7) is -0.00456. The van der Waals surface area contributed by atoms with Gasteiger partial charge in [0.25, 0.3) is 0 Å². The van der Waals surface area contributed by atoms with E-state index in [1.54, 1.807) is 18.2 Å². The predicted molar refractivity (Wildman–Crippen MR) is 51.2 cm³/mol. The van der Waals surface area contributed by atoms with Crippen molar-refractivity contribution in [3.05, 3.63) is 23.8 Å². The second kappa shape index (κ2) is 4.11. The fourth-order valence-corrected chi connectivity index (χ4v) is 1.17. The quantitative estimate of drug-likeness (QED) is 0.401. The molecule has 0 unspecified atom stereocenters. The molecule has 1 aromatic carbocycles. The van der Waals surface area contributed by atoms with Gasteiger partial charge in [-0.15, -0.1) is 0 Å². The van der Waals surface area contributed by atoms with Crippen LogP contribution in [0.1, 0.15) is 18.0 Å². The molecule has 0 fully saturated rings. The predicted octanol–water partition coefficient (Wildman–Crippen LogP) is 0.357. The minimum Gasteiger partial charge on any atom is -0.505 e. The van der Waals surface area contributed by atoms with E-state index in [-0.39, 0.29) is 18.4 Å². The number of hydrogen-bond acceptors (Lipinski definition) is 4. The number of aromatic hydroxyl groups is 1. The van der Waals surface area contributed by atoms with Gasteiger partial charge in [-0.1, -0.05) is 12.1 Å². The summed E-state index contributed by atoms with van der Waals surface area (Å²) in [6, 6.07) is 4.66. The Hall–Kier alpha value is -1.26. The average molecular weight is 182 g/mol. The Balaban J connectivity index is 2.93. The number of phenols is 1. The normalized spacial score (nSPS) is 12.8. The second-order valence-electron chi connectivity index (χ2n) is 2.90. The molecule has 1 atom stereocenters. The summed E-state index contributed by atoms with van der Waals surface area (Å²) in [7, 11) is 0. The van der Waals surface area contributed by atoms with Gasteiger partial charge < -0.3 is 21.7 Å². The number of nitrogens with two attached hydrogens (primary N) is 2. The highest BCUT2D eigenvalue weighted by atomic mass is 16.3. The molecule has 0 aromatic heterocycles. The van der Waals surface area contributed by atoms with Crippen LogP contribution in [0.3, 0.4) is 0 Å². The summed E-state index contributed by atoms with van der Waals surface area (Å²) in [5.74, 6) is 0.0171. The molecular formula is C9H14N2O2. The fourth-order valence-electron chi connectivity index (χ4n) is 1.17. The van der Waals surface area contributed by atoms with E-state index in [1.807, 2.05) is 0 Å². The van der Waals surface area contributed by atoms with Crippen LogP contribution in [0.5, 0.6) is 5.75 Å². The van der Waals surface area contributed by atoms with E-state index in [2.05, 4.69) is 0 Å². The summed E-state index contributed by atoms with van der Waals surface area (Å²) >= 11 is 0. The molecule has 1 rings (SSSR count). The number of hydrogen-bond donors (Lipinski definition) is 4. The molecule has 72 valence electrons. The molecule has 4 nitrogen and oxygen atoms in total. The lowest BCUT2D eigenvalue weighted by molar-refractivity contribution is 0.275. The molecule has 13 heavy (non-hydrogen) atoms. The van der Waals surface area contributed by atoms with E-state index in [4.69, 9.17) is 16.6 Å². The monoisotopic (exact) mass is 182 g/mol. The van der Waals surface area contributed by atoms with E-state index in [0.29, 0.717) is 17.7 Å². The number of phenolic OH excluding ortho intramolecular Hbond substituents is 1. The van der Waals surface area contributed by atoms with Gasteiger partial charge in [-0.05, 0) is 12.5 Å². The van der Waals surface area contributed by atoms with Crippen molar-refractivity contribution in [3.8, 4) is 5.75 Å². The van der Waals surface area contributed by atoms with Crippen LogP contribution in [0.25, 0.3) is 0 Å². The zero-order chi connectivity index (χ0) is 9.84. The molecule has 0 aliphatic heterocycles. The van der Waals surface area contributed by atoms with E-state index < -0.39 is 0 Å². The first-order valence-electron chi connectivity index (χ1n) is 4.10. The minimum absolute atomic E-state index is 0.00456. The van der Waals surface area contributed by atoms with Gasteiger partial charge in [0.1, 0.15) is 5.75 Å². The Morgan fingerprint density at radius 2 is 2.08 bits per heavy atom. The molecule has 0 radical (unpaired) electrons. The van der Waals surface area contributed by atoms with Gasteiger partial charge in [0, 0.05) is 18.2 Å². The van der Waals surface area contributed by atoms with Crippen LogP contribution in [0.2, 0.25) is 0 Å². The van der Waals surface area contributed by atoms with Gasteiger partial charge in [-0.25, -0.2) is 0 Å². The summed E-state index contributed by atoms with van der Waals surface area (Å²) in [5, 5.41) is 18.2. The van der Waals surface area contributed by atoms with Crippen LogP contribution < -0.4 is 11.5 Å². The van der Waals surface area contributed by atoms with Crippen molar-refractivity contribution < 1.29 is 10.2 Å². The topological polar surface area (TPSA) is 92.5 Å². The van der Waals surface area contributed by atoms with Gasteiger partial charge in [-0.2, -0.15) is 0 Å². The SMILES string of the molecule is Nc1cccc([C@@H](N)CCO)c1O. The van der Waals surface area contributed by atoms with Crippen molar-refractivity contribution in [1.29, 1.82) is 0 Å². The van der Waals surface area contributed by atoms with Crippen molar-refractivity contribution in [2.24, 2.45) is 5.73 Å². The third-order valence-electron chi connectivity index (χ3n) is 1.94. The third kappa shape index (κ3) is 2.11. The summed E-state index contributed by atoms with van der Waals surface area (Å²) < 4.78 is 0. The molecule has 1 aromatic rings. The van der Waals surface area contributed by atoms with E-state index >= 15 is 0 Å². The highest BCUT2D eigenvalue weighted by Gasteiger charge is 2.11. The van der Waals surface area contributed by atoms with Gasteiger partial charge in [0.2, 0.25) is 0 Å². The Kier molecular flexibility index (Phi) is 3.11. The van der Waals surface area contributed by atoms with Crippen LogP contribution in [0.4, 0.5) is 5.69 Å². The lowest BCUT2D eigenvalue weighted by Gasteiger charge is -2.13. The molecule has 4 heteroatoms. The third-order valence-corrected chi connectivity index (χ3v) is 1.94. The summed E-state index contributed by atoms with van der Waals surface area (Å²) in [6.07, 6.45) is 0.414. The Morgan fingerprint density at radius 1 is 1.38 bits per heavy atom. The van der Waals surface area contributed by atoms with Crippen LogP contribution in [-0.2, 0) is 0 Å². The Bertz CT molecular complexity index is 289. The standard InChI is InChI=1S/C9H14N2O2/c10-7(4-5-12)6-2-1-3-8(11)9(6)13/h1-3,7,12-13H,4-5,10-11H2/t7-/m0/s1. The highest BCUT2D eigenvalue weighted by Crippen LogP contribution is 2.29. The van der Waals surface area contributed by atoms with E-state index in [1.165, 1.54) is 0 Å². The molecule has 0 heterocycles. The number of aliphatic hydroxyl groups is 1. The zero-order valence-electron chi connectivity index (χ0n) is 7.27. The van der Waals surface area contributed by atoms with Gasteiger partial charge in [0.05, 0.1) is 5.69 Å². The maximum absolute atomic E-state index is 9.51. The van der Waals surface area contributed by atoms with Crippen LogP contribution in [0, 0.1) is 0 Å². The number of rotatable bonds is 3. The van der Waals surface area contributed by atoms with Crippen molar-refractivity contribution in [1.82, 2.24) is 0 Å². The number of para-hydroxylation sites is 1. The number of benzene rings is 1. The number of aliphatic hydroxyl groups excluding tert-OH is 1. The summed E-state index contributed by atoms with van der Waals surface area (Å²) in [4.78, 5) is 0. The molecule has 6 N–H and O–H groups in total. The molecule has 0 aliphatic carbocycles. The van der Waals surface area contributed by atoms with Crippen LogP contribution in [-0.4, -0.2) is 16.8 Å². The second-order valence-corrected chi connectivity index (χ2v) is 2.90. The zero-order valence-corrected chi connectivity index (χ0v) is 7.27. The average Bonchev–Trinajstić information content (AvgIpc) is 2.10. The first-order chi connectivity index (χ1) is 6.16. The summed E-state index contributed by atoms with van der Waals surface area (Å²) in [5.41, 5.74) is 12.1. The molecule has 0 saturated carbocycles. The van der Waals surface area contributed by atoms with Crippen molar-refractivity contribution in [3.63, 3.8) is 0 Å². The van der Waals surface area contributed by atoms with Crippen LogP contribution >= 0.6 is 0 Å². The number of nitrogen functional groups attached to an aromatic ring is 1. The molecule has 0 amide bonds. The van der Waals surface area contributed by atoms with E-state index in [0.717, 1.165) is 0 Å². The van der Waals surface area contributed by atoms with E-state index in [9.17, 15) is 5.11 Å². The first-order valence-corrected chi connectivity index (χ1v) is 4.10. The van der Waals surface area contributed by atoms with Crippen LogP contribution in [0.15, 0.2) is 18.2 Å². The van der Waals surface area contributed by atoms with Gasteiger partial charge in [-0.3, -0.25) is 0 Å². The van der Waals surface area contributed by atoms with Gasteiger partial charge in [0.15, 0.2) is 0 Å². The minimum atomic E-state index is -0.367. The molecule has 0 bridgehead atoms. The molecular weight excluding hydrogens is 168 g/mol. The fraction of sp³-hybridized carbons (Fsp3) is 0.333. The molecule has 0 saturated heterocycles. The van der Waals surface area contributed by atoms with Crippen molar-refractivity contribution in [2.75, 3.05) is 12.3 Å². The highest BCUT2D eigenvalue weighted by molar-refractivity contribution is 5.56. The van der Waals surface area contributed by atoms with Crippen molar-refractivity contribution in [2.45, 2.75) is 12.5 Å². The lowest BCUT2D eigenvalue weighted by atomic mass is 10.0. The van der Waals surface area contributed by atoms with Gasteiger partial charge >= 0.3 is 0 Å². The molecule has 0 spiro atoms. The largest absolute Gasteiger partial charge is 0.505 e. The first kappa shape index (κ1) is 9.83. The lowest BCUT2D eigenvalue weighted by Crippen LogP contribution is -2.12. The molecule has 0 aliphatic rings. The number of anilines is 1. The maximum atomic E-state index is 9.51. The smallest absolute Gasteiger partial charge is 0.143 e. The van der Waals surface area contributed by atoms with Crippen molar-refractivity contribution >= 4 is 5.69 Å². The Morgan fingerprint density at radius 3 is 2.69 bits per heavy atom. The maximum Gasteiger partial charge on any atom is 0.143 e.